The van der Waals surface area contributed by atoms with E-state index >= 15 is 0 Å². The second kappa shape index (κ2) is 8.42. The van der Waals surface area contributed by atoms with E-state index < -0.39 is 10.0 Å². The van der Waals surface area contributed by atoms with Crippen molar-refractivity contribution in [1.29, 1.82) is 0 Å². The van der Waals surface area contributed by atoms with Crippen molar-refractivity contribution >= 4 is 15.9 Å². The number of amides is 1. The predicted molar refractivity (Wildman–Crippen MR) is 91.4 cm³/mol. The SMILES string of the molecule is CCN(CC)S(=O)(=O)c1ccc(C(C)NC(=O)CC(C)N)cc1. The van der Waals surface area contributed by atoms with Gasteiger partial charge in [0.1, 0.15) is 0 Å². The van der Waals surface area contributed by atoms with Crippen molar-refractivity contribution in [1.82, 2.24) is 9.62 Å². The monoisotopic (exact) mass is 341 g/mol. The normalized spacial score (nSPS) is 14.5. The Hall–Kier alpha value is -1.44. The summed E-state index contributed by atoms with van der Waals surface area (Å²) in [6.07, 6.45) is 0.263. The average molecular weight is 341 g/mol. The van der Waals surface area contributed by atoms with Crippen LogP contribution in [-0.4, -0.2) is 37.8 Å². The number of carbonyl (C=O) groups is 1. The molecule has 0 aliphatic carbocycles. The fourth-order valence-electron chi connectivity index (χ4n) is 2.32. The van der Waals surface area contributed by atoms with Crippen LogP contribution in [0.15, 0.2) is 29.2 Å². The van der Waals surface area contributed by atoms with Gasteiger partial charge in [-0.05, 0) is 31.5 Å². The molecule has 0 spiro atoms. The third kappa shape index (κ3) is 5.30. The van der Waals surface area contributed by atoms with Gasteiger partial charge in [-0.2, -0.15) is 4.31 Å². The lowest BCUT2D eigenvalue weighted by Gasteiger charge is -2.19. The number of rotatable bonds is 8. The van der Waals surface area contributed by atoms with E-state index in [9.17, 15) is 13.2 Å². The highest BCUT2D eigenvalue weighted by Crippen LogP contribution is 2.19. The van der Waals surface area contributed by atoms with E-state index in [1.165, 1.54) is 4.31 Å². The minimum absolute atomic E-state index is 0.118. The first-order valence-electron chi connectivity index (χ1n) is 7.87. The third-order valence-electron chi connectivity index (χ3n) is 3.61. The van der Waals surface area contributed by atoms with Gasteiger partial charge in [-0.3, -0.25) is 4.79 Å². The van der Waals surface area contributed by atoms with Crippen LogP contribution in [0.2, 0.25) is 0 Å². The zero-order chi connectivity index (χ0) is 17.6. The van der Waals surface area contributed by atoms with Gasteiger partial charge in [-0.15, -0.1) is 0 Å². The van der Waals surface area contributed by atoms with Crippen LogP contribution < -0.4 is 11.1 Å². The smallest absolute Gasteiger partial charge is 0.243 e. The summed E-state index contributed by atoms with van der Waals surface area (Å²) in [4.78, 5) is 12.0. The number of nitrogens with two attached hydrogens (primary N) is 1. The van der Waals surface area contributed by atoms with Crippen LogP contribution in [0, 0.1) is 0 Å². The van der Waals surface area contributed by atoms with E-state index in [-0.39, 0.29) is 29.3 Å². The summed E-state index contributed by atoms with van der Waals surface area (Å²) in [5, 5.41) is 2.85. The molecular weight excluding hydrogens is 314 g/mol. The molecular formula is C16H27N3O3S. The Morgan fingerprint density at radius 1 is 1.17 bits per heavy atom. The van der Waals surface area contributed by atoms with E-state index in [1.807, 2.05) is 20.8 Å². The fraction of sp³-hybridized carbons (Fsp3) is 0.562. The molecule has 2 unspecified atom stereocenters. The summed E-state index contributed by atoms with van der Waals surface area (Å²) < 4.78 is 26.2. The second-order valence-electron chi connectivity index (χ2n) is 5.63. The van der Waals surface area contributed by atoms with Gasteiger partial charge < -0.3 is 11.1 Å². The molecule has 1 rings (SSSR count). The van der Waals surface area contributed by atoms with E-state index in [0.717, 1.165) is 5.56 Å². The van der Waals surface area contributed by atoms with Crippen molar-refractivity contribution in [2.24, 2.45) is 5.73 Å². The van der Waals surface area contributed by atoms with Crippen LogP contribution in [0.25, 0.3) is 0 Å². The highest BCUT2D eigenvalue weighted by molar-refractivity contribution is 7.89. The maximum atomic E-state index is 12.4. The molecule has 0 heterocycles. The molecule has 23 heavy (non-hydrogen) atoms. The molecule has 3 N–H and O–H groups in total. The molecule has 7 heteroatoms. The van der Waals surface area contributed by atoms with Crippen molar-refractivity contribution in [2.75, 3.05) is 13.1 Å². The molecule has 0 aromatic heterocycles. The number of nitrogens with one attached hydrogen (secondary N) is 1. The van der Waals surface area contributed by atoms with Gasteiger partial charge in [-0.25, -0.2) is 8.42 Å². The Morgan fingerprint density at radius 3 is 2.13 bits per heavy atom. The van der Waals surface area contributed by atoms with Crippen molar-refractivity contribution < 1.29 is 13.2 Å². The Balaban J connectivity index is 2.86. The summed E-state index contributed by atoms with van der Waals surface area (Å²) in [7, 11) is -3.45. The van der Waals surface area contributed by atoms with Gasteiger partial charge in [-0.1, -0.05) is 26.0 Å². The lowest BCUT2D eigenvalue weighted by atomic mass is 10.1. The molecule has 1 aromatic carbocycles. The predicted octanol–water partition coefficient (Wildman–Crippen LogP) is 1.63. The first-order valence-corrected chi connectivity index (χ1v) is 9.31. The standard InChI is InChI=1S/C16H27N3O3S/c1-5-19(6-2)23(21,22)15-9-7-14(8-10-15)13(4)18-16(20)11-12(3)17/h7-10,12-13H,5-6,11,17H2,1-4H3,(H,18,20). The zero-order valence-electron chi connectivity index (χ0n) is 14.2. The first kappa shape index (κ1) is 19.6. The number of sulfonamides is 1. The van der Waals surface area contributed by atoms with Gasteiger partial charge in [0.25, 0.3) is 0 Å². The molecule has 0 bridgehead atoms. The summed E-state index contributed by atoms with van der Waals surface area (Å²) in [6.45, 7) is 8.12. The third-order valence-corrected chi connectivity index (χ3v) is 5.67. The number of nitrogens with zero attached hydrogens (tertiary/aromatic N) is 1. The molecule has 0 aliphatic rings. The average Bonchev–Trinajstić information content (AvgIpc) is 2.47. The molecule has 0 aliphatic heterocycles. The van der Waals surface area contributed by atoms with Gasteiger partial charge in [0.2, 0.25) is 15.9 Å². The van der Waals surface area contributed by atoms with Crippen LogP contribution in [0.5, 0.6) is 0 Å². The Bertz CT molecular complexity index is 608. The van der Waals surface area contributed by atoms with Crippen LogP contribution in [0.1, 0.15) is 45.7 Å². The molecule has 1 amide bonds. The minimum Gasteiger partial charge on any atom is -0.350 e. The van der Waals surface area contributed by atoms with Gasteiger partial charge in [0.15, 0.2) is 0 Å². The fourth-order valence-corrected chi connectivity index (χ4v) is 3.78. The maximum absolute atomic E-state index is 12.4. The molecule has 130 valence electrons. The van der Waals surface area contributed by atoms with Crippen LogP contribution in [0.3, 0.4) is 0 Å². The van der Waals surface area contributed by atoms with Crippen LogP contribution in [-0.2, 0) is 14.8 Å². The van der Waals surface area contributed by atoms with Crippen molar-refractivity contribution in [3.63, 3.8) is 0 Å². The van der Waals surface area contributed by atoms with Gasteiger partial charge >= 0.3 is 0 Å². The Kier molecular flexibility index (Phi) is 7.18. The highest BCUT2D eigenvalue weighted by atomic mass is 32.2. The minimum atomic E-state index is -3.45. The van der Waals surface area contributed by atoms with Crippen LogP contribution in [0.4, 0.5) is 0 Å². The van der Waals surface area contributed by atoms with E-state index in [1.54, 1.807) is 31.2 Å². The Morgan fingerprint density at radius 2 is 1.70 bits per heavy atom. The highest BCUT2D eigenvalue weighted by Gasteiger charge is 2.21. The van der Waals surface area contributed by atoms with Gasteiger partial charge in [0.05, 0.1) is 10.9 Å². The number of benzene rings is 1. The van der Waals surface area contributed by atoms with Crippen LogP contribution >= 0.6 is 0 Å². The summed E-state index contributed by atoms with van der Waals surface area (Å²) in [5.74, 6) is -0.118. The number of hydrogen-bond donors (Lipinski definition) is 2. The van der Waals surface area contributed by atoms with Crippen molar-refractivity contribution in [2.45, 2.75) is 51.1 Å². The summed E-state index contributed by atoms with van der Waals surface area (Å²) in [5.41, 5.74) is 6.45. The number of hydrogen-bond acceptors (Lipinski definition) is 4. The molecule has 6 nitrogen and oxygen atoms in total. The van der Waals surface area contributed by atoms with Crippen molar-refractivity contribution in [3.05, 3.63) is 29.8 Å². The summed E-state index contributed by atoms with van der Waals surface area (Å²) >= 11 is 0. The second-order valence-corrected chi connectivity index (χ2v) is 7.57. The van der Waals surface area contributed by atoms with Crippen molar-refractivity contribution in [3.8, 4) is 0 Å². The van der Waals surface area contributed by atoms with Gasteiger partial charge in [0, 0.05) is 25.6 Å². The molecule has 0 saturated carbocycles. The number of carbonyl (C=O) groups excluding carboxylic acids is 1. The molecule has 0 fully saturated rings. The maximum Gasteiger partial charge on any atom is 0.243 e. The quantitative estimate of drug-likeness (QED) is 0.752. The first-order chi connectivity index (χ1) is 10.7. The molecule has 0 radical (unpaired) electrons. The van der Waals surface area contributed by atoms with E-state index in [0.29, 0.717) is 13.1 Å². The van der Waals surface area contributed by atoms with E-state index in [4.69, 9.17) is 5.73 Å². The molecule has 1 aromatic rings. The topological polar surface area (TPSA) is 92.5 Å². The summed E-state index contributed by atoms with van der Waals surface area (Å²) in [6, 6.07) is 6.23. The Labute approximate surface area is 139 Å². The lowest BCUT2D eigenvalue weighted by molar-refractivity contribution is -0.122. The zero-order valence-corrected chi connectivity index (χ0v) is 15.1. The van der Waals surface area contributed by atoms with E-state index in [2.05, 4.69) is 5.32 Å². The largest absolute Gasteiger partial charge is 0.350 e. The lowest BCUT2D eigenvalue weighted by Crippen LogP contribution is -2.32. The molecule has 2 atom stereocenters. The molecule has 0 saturated heterocycles.